The molecule has 0 heterocycles. The fraction of sp³-hybridized carbons (Fsp3) is 0.900. The number of rotatable bonds is 6. The molecule has 0 saturated heterocycles. The first-order valence-corrected chi connectivity index (χ1v) is 4.93. The third-order valence-electron chi connectivity index (χ3n) is 2.70. The molecule has 0 aromatic heterocycles. The molecule has 0 radical (unpaired) electrons. The van der Waals surface area contributed by atoms with Crippen LogP contribution in [0.4, 0.5) is 0 Å². The lowest BCUT2D eigenvalue weighted by atomic mass is 10.0. The Hall–Kier alpha value is -0.650. The highest BCUT2D eigenvalue weighted by molar-refractivity contribution is 5.76. The van der Waals surface area contributed by atoms with Gasteiger partial charge in [-0.25, -0.2) is 4.79 Å². The number of aliphatic hydroxyl groups is 1. The van der Waals surface area contributed by atoms with Crippen molar-refractivity contribution < 1.29 is 15.0 Å². The Morgan fingerprint density at radius 1 is 1.27 bits per heavy atom. The SMILES string of the molecule is CN(C)C(C)(C)CNCC(C)(O)C(=O)O. The van der Waals surface area contributed by atoms with E-state index in [0.29, 0.717) is 6.54 Å². The highest BCUT2D eigenvalue weighted by Gasteiger charge is 2.30. The van der Waals surface area contributed by atoms with Gasteiger partial charge in [-0.3, -0.25) is 0 Å². The van der Waals surface area contributed by atoms with Crippen LogP contribution in [0, 0.1) is 0 Å². The average molecular weight is 218 g/mol. The third-order valence-corrected chi connectivity index (χ3v) is 2.70. The quantitative estimate of drug-likeness (QED) is 0.573. The minimum atomic E-state index is -1.71. The van der Waals surface area contributed by atoms with Crippen LogP contribution in [0.2, 0.25) is 0 Å². The first-order chi connectivity index (χ1) is 6.59. The van der Waals surface area contributed by atoms with E-state index in [9.17, 15) is 9.90 Å². The molecule has 90 valence electrons. The van der Waals surface area contributed by atoms with Gasteiger partial charge in [-0.1, -0.05) is 0 Å². The van der Waals surface area contributed by atoms with E-state index in [0.717, 1.165) is 0 Å². The largest absolute Gasteiger partial charge is 0.479 e. The molecule has 0 aromatic carbocycles. The maximum absolute atomic E-state index is 10.6. The predicted octanol–water partition coefficient (Wildman–Crippen LogP) is -0.248. The number of carboxylic acid groups (broad SMARTS) is 1. The van der Waals surface area contributed by atoms with Crippen LogP contribution in [0.1, 0.15) is 20.8 Å². The molecule has 1 atom stereocenters. The first-order valence-electron chi connectivity index (χ1n) is 4.93. The monoisotopic (exact) mass is 218 g/mol. The molecular formula is C10H22N2O3. The van der Waals surface area contributed by atoms with Gasteiger partial charge in [-0.2, -0.15) is 0 Å². The van der Waals surface area contributed by atoms with E-state index in [4.69, 9.17) is 5.11 Å². The molecule has 0 bridgehead atoms. The second kappa shape index (κ2) is 4.92. The number of carboxylic acids is 1. The van der Waals surface area contributed by atoms with Gasteiger partial charge in [0.1, 0.15) is 0 Å². The van der Waals surface area contributed by atoms with Crippen LogP contribution in [-0.2, 0) is 4.79 Å². The summed E-state index contributed by atoms with van der Waals surface area (Å²) in [6.45, 7) is 6.01. The summed E-state index contributed by atoms with van der Waals surface area (Å²) in [5.74, 6) is -1.21. The second-order valence-corrected chi connectivity index (χ2v) is 4.89. The van der Waals surface area contributed by atoms with Gasteiger partial charge in [-0.15, -0.1) is 0 Å². The zero-order valence-electron chi connectivity index (χ0n) is 10.2. The molecule has 0 saturated carbocycles. The molecule has 5 heteroatoms. The Morgan fingerprint density at radius 3 is 2.07 bits per heavy atom. The summed E-state index contributed by atoms with van der Waals surface area (Å²) in [5, 5.41) is 21.1. The molecular weight excluding hydrogens is 196 g/mol. The van der Waals surface area contributed by atoms with Gasteiger partial charge in [0.25, 0.3) is 0 Å². The van der Waals surface area contributed by atoms with E-state index in [2.05, 4.69) is 5.32 Å². The summed E-state index contributed by atoms with van der Waals surface area (Å²) in [6, 6.07) is 0. The van der Waals surface area contributed by atoms with Crippen LogP contribution in [-0.4, -0.2) is 59.4 Å². The van der Waals surface area contributed by atoms with Crippen molar-refractivity contribution in [1.29, 1.82) is 0 Å². The smallest absolute Gasteiger partial charge is 0.336 e. The number of nitrogens with one attached hydrogen (secondary N) is 1. The summed E-state index contributed by atoms with van der Waals surface area (Å²) in [7, 11) is 3.91. The van der Waals surface area contributed by atoms with Crippen molar-refractivity contribution in [1.82, 2.24) is 10.2 Å². The molecule has 0 rings (SSSR count). The van der Waals surface area contributed by atoms with Gasteiger partial charge in [0, 0.05) is 18.6 Å². The van der Waals surface area contributed by atoms with E-state index >= 15 is 0 Å². The zero-order valence-corrected chi connectivity index (χ0v) is 10.2. The van der Waals surface area contributed by atoms with E-state index < -0.39 is 11.6 Å². The lowest BCUT2D eigenvalue weighted by Crippen LogP contribution is -2.51. The van der Waals surface area contributed by atoms with Crippen LogP contribution in [0.15, 0.2) is 0 Å². The second-order valence-electron chi connectivity index (χ2n) is 4.89. The molecule has 0 aliphatic heterocycles. The molecule has 5 nitrogen and oxygen atoms in total. The lowest BCUT2D eigenvalue weighted by Gasteiger charge is -2.33. The molecule has 0 fully saturated rings. The first kappa shape index (κ1) is 14.3. The van der Waals surface area contributed by atoms with Gasteiger partial charge in [0.05, 0.1) is 0 Å². The van der Waals surface area contributed by atoms with Crippen molar-refractivity contribution in [3.8, 4) is 0 Å². The molecule has 0 amide bonds. The van der Waals surface area contributed by atoms with E-state index in [1.165, 1.54) is 6.92 Å². The van der Waals surface area contributed by atoms with Crippen molar-refractivity contribution in [2.24, 2.45) is 0 Å². The van der Waals surface area contributed by atoms with Crippen molar-refractivity contribution in [3.63, 3.8) is 0 Å². The lowest BCUT2D eigenvalue weighted by molar-refractivity contribution is -0.156. The van der Waals surface area contributed by atoms with Crippen LogP contribution in [0.3, 0.4) is 0 Å². The fourth-order valence-electron chi connectivity index (χ4n) is 0.846. The highest BCUT2D eigenvalue weighted by Crippen LogP contribution is 2.08. The normalized spacial score (nSPS) is 16.5. The van der Waals surface area contributed by atoms with Crippen LogP contribution in [0.5, 0.6) is 0 Å². The van der Waals surface area contributed by atoms with Crippen molar-refractivity contribution in [3.05, 3.63) is 0 Å². The molecule has 15 heavy (non-hydrogen) atoms. The fourth-order valence-corrected chi connectivity index (χ4v) is 0.846. The number of aliphatic carboxylic acids is 1. The Morgan fingerprint density at radius 2 is 1.73 bits per heavy atom. The van der Waals surface area contributed by atoms with Crippen LogP contribution < -0.4 is 5.32 Å². The number of likely N-dealkylation sites (N-methyl/N-ethyl adjacent to an activating group) is 1. The van der Waals surface area contributed by atoms with E-state index in [-0.39, 0.29) is 12.1 Å². The zero-order chi connectivity index (χ0) is 12.3. The van der Waals surface area contributed by atoms with E-state index in [1.54, 1.807) is 0 Å². The molecule has 0 spiro atoms. The Labute approximate surface area is 91.1 Å². The van der Waals surface area contributed by atoms with Gasteiger partial charge in [0.15, 0.2) is 5.60 Å². The van der Waals surface area contributed by atoms with Crippen LogP contribution >= 0.6 is 0 Å². The van der Waals surface area contributed by atoms with Gasteiger partial charge in [0.2, 0.25) is 0 Å². The molecule has 0 aliphatic rings. The Balaban J connectivity index is 4.05. The van der Waals surface area contributed by atoms with Gasteiger partial charge in [-0.05, 0) is 34.9 Å². The standard InChI is InChI=1S/C10H22N2O3/c1-9(2,12(4)5)6-11-7-10(3,15)8(13)14/h11,15H,6-7H2,1-5H3,(H,13,14). The van der Waals surface area contributed by atoms with Gasteiger partial charge < -0.3 is 20.4 Å². The summed E-state index contributed by atoms with van der Waals surface area (Å²) in [6.07, 6.45) is 0. The van der Waals surface area contributed by atoms with Crippen molar-refractivity contribution in [2.45, 2.75) is 31.9 Å². The topological polar surface area (TPSA) is 72.8 Å². The number of hydrogen-bond donors (Lipinski definition) is 3. The average Bonchev–Trinajstić information content (AvgIpc) is 2.02. The predicted molar refractivity (Wildman–Crippen MR) is 58.9 cm³/mol. The minimum absolute atomic E-state index is 0.0413. The molecule has 0 aromatic rings. The Kier molecular flexibility index (Phi) is 4.70. The summed E-state index contributed by atoms with van der Waals surface area (Å²) < 4.78 is 0. The Bertz CT molecular complexity index is 225. The van der Waals surface area contributed by atoms with Crippen molar-refractivity contribution in [2.75, 3.05) is 27.2 Å². The van der Waals surface area contributed by atoms with Crippen LogP contribution in [0.25, 0.3) is 0 Å². The maximum atomic E-state index is 10.6. The molecule has 3 N–H and O–H groups in total. The number of hydrogen-bond acceptors (Lipinski definition) is 4. The number of carbonyl (C=O) groups is 1. The number of nitrogens with zero attached hydrogens (tertiary/aromatic N) is 1. The van der Waals surface area contributed by atoms with E-state index in [1.807, 2.05) is 32.8 Å². The summed E-state index contributed by atoms with van der Waals surface area (Å²) >= 11 is 0. The molecule has 0 aliphatic carbocycles. The molecule has 1 unspecified atom stereocenters. The summed E-state index contributed by atoms with van der Waals surface area (Å²) in [4.78, 5) is 12.6. The van der Waals surface area contributed by atoms with Gasteiger partial charge >= 0.3 is 5.97 Å². The third kappa shape index (κ3) is 4.59. The highest BCUT2D eigenvalue weighted by atomic mass is 16.4. The van der Waals surface area contributed by atoms with Crippen molar-refractivity contribution >= 4 is 5.97 Å². The summed E-state index contributed by atoms with van der Waals surface area (Å²) in [5.41, 5.74) is -1.78. The minimum Gasteiger partial charge on any atom is -0.479 e. The maximum Gasteiger partial charge on any atom is 0.336 e.